The Hall–Kier alpha value is -0.850. The molecule has 21 heavy (non-hydrogen) atoms. The molecule has 0 spiro atoms. The van der Waals surface area contributed by atoms with Crippen molar-refractivity contribution in [1.82, 2.24) is 10.6 Å². The van der Waals surface area contributed by atoms with Crippen LogP contribution >= 0.6 is 24.0 Å². The zero-order valence-electron chi connectivity index (χ0n) is 13.3. The highest BCUT2D eigenvalue weighted by molar-refractivity contribution is 14.0. The van der Waals surface area contributed by atoms with Crippen LogP contribution in [0.3, 0.4) is 0 Å². The van der Waals surface area contributed by atoms with E-state index in [1.54, 1.807) is 12.1 Å². The summed E-state index contributed by atoms with van der Waals surface area (Å²) in [6.07, 6.45) is 0.740. The number of benzene rings is 1. The third kappa shape index (κ3) is 8.24. The van der Waals surface area contributed by atoms with Crippen molar-refractivity contribution in [2.45, 2.75) is 40.2 Å². The summed E-state index contributed by atoms with van der Waals surface area (Å²) >= 11 is 0. The van der Waals surface area contributed by atoms with Crippen molar-refractivity contribution in [3.63, 3.8) is 0 Å². The first-order chi connectivity index (χ1) is 9.52. The van der Waals surface area contributed by atoms with Gasteiger partial charge in [0, 0.05) is 19.1 Å². The predicted octanol–water partition coefficient (Wildman–Crippen LogP) is 3.59. The van der Waals surface area contributed by atoms with Gasteiger partial charge in [-0.3, -0.25) is 4.99 Å². The van der Waals surface area contributed by atoms with Crippen LogP contribution in [0.15, 0.2) is 29.3 Å². The van der Waals surface area contributed by atoms with Crippen LogP contribution in [0.2, 0.25) is 0 Å². The van der Waals surface area contributed by atoms with Crippen molar-refractivity contribution in [3.05, 3.63) is 35.6 Å². The lowest BCUT2D eigenvalue weighted by molar-refractivity contribution is 0.481. The second kappa shape index (κ2) is 10.8. The highest BCUT2D eigenvalue weighted by Crippen LogP contribution is 2.04. The fourth-order valence-corrected chi connectivity index (χ4v) is 1.69. The standard InChI is InChI=1S/C16H26FN3.HI/c1-5-18-16(20-13(4)12(2)3)19-10-9-14-7-6-8-15(17)11-14;/h6-8,11-13H,5,9-10H2,1-4H3,(H2,18,19,20);1H. The Bertz CT molecular complexity index is 435. The molecule has 5 heteroatoms. The smallest absolute Gasteiger partial charge is 0.191 e. The summed E-state index contributed by atoms with van der Waals surface area (Å²) in [4.78, 5) is 4.53. The monoisotopic (exact) mass is 407 g/mol. The number of guanidine groups is 1. The molecule has 0 saturated heterocycles. The molecule has 0 fully saturated rings. The lowest BCUT2D eigenvalue weighted by Gasteiger charge is -2.20. The third-order valence-electron chi connectivity index (χ3n) is 3.27. The maximum absolute atomic E-state index is 13.1. The minimum Gasteiger partial charge on any atom is -0.357 e. The van der Waals surface area contributed by atoms with Gasteiger partial charge in [0.1, 0.15) is 5.82 Å². The minimum absolute atomic E-state index is 0. The SMILES string of the molecule is CCNC(=NCCc1cccc(F)c1)NC(C)C(C)C.I. The molecule has 0 bridgehead atoms. The van der Waals surface area contributed by atoms with E-state index < -0.39 is 0 Å². The van der Waals surface area contributed by atoms with Gasteiger partial charge < -0.3 is 10.6 Å². The zero-order valence-corrected chi connectivity index (χ0v) is 15.6. The normalized spacial score (nSPS) is 12.8. The van der Waals surface area contributed by atoms with Gasteiger partial charge >= 0.3 is 0 Å². The van der Waals surface area contributed by atoms with Crippen LogP contribution in [-0.2, 0) is 6.42 Å². The molecule has 1 aromatic rings. The average molecular weight is 407 g/mol. The second-order valence-corrected chi connectivity index (χ2v) is 5.32. The molecule has 120 valence electrons. The molecule has 1 aromatic carbocycles. The summed E-state index contributed by atoms with van der Waals surface area (Å²) in [5.41, 5.74) is 0.974. The number of hydrogen-bond donors (Lipinski definition) is 2. The number of nitrogens with one attached hydrogen (secondary N) is 2. The Kier molecular flexibility index (Phi) is 10.4. The minimum atomic E-state index is -0.190. The first-order valence-electron chi connectivity index (χ1n) is 7.32. The highest BCUT2D eigenvalue weighted by Gasteiger charge is 2.08. The van der Waals surface area contributed by atoms with Crippen molar-refractivity contribution >= 4 is 29.9 Å². The maximum Gasteiger partial charge on any atom is 0.191 e. The molecule has 1 rings (SSSR count). The number of rotatable bonds is 6. The summed E-state index contributed by atoms with van der Waals surface area (Å²) in [7, 11) is 0. The Balaban J connectivity index is 0.00000400. The van der Waals surface area contributed by atoms with Crippen molar-refractivity contribution in [2.24, 2.45) is 10.9 Å². The Labute approximate surface area is 144 Å². The highest BCUT2D eigenvalue weighted by atomic mass is 127. The molecule has 2 N–H and O–H groups in total. The number of hydrogen-bond acceptors (Lipinski definition) is 1. The topological polar surface area (TPSA) is 36.4 Å². The van der Waals surface area contributed by atoms with E-state index in [9.17, 15) is 4.39 Å². The van der Waals surface area contributed by atoms with Gasteiger partial charge in [0.2, 0.25) is 0 Å². The molecule has 0 saturated carbocycles. The van der Waals surface area contributed by atoms with E-state index in [1.165, 1.54) is 6.07 Å². The van der Waals surface area contributed by atoms with Gasteiger partial charge in [0.15, 0.2) is 5.96 Å². The fraction of sp³-hybridized carbons (Fsp3) is 0.562. The molecule has 0 aromatic heterocycles. The first kappa shape index (κ1) is 20.1. The van der Waals surface area contributed by atoms with E-state index in [4.69, 9.17) is 0 Å². The molecule has 1 unspecified atom stereocenters. The van der Waals surface area contributed by atoms with Gasteiger partial charge in [0.05, 0.1) is 0 Å². The van der Waals surface area contributed by atoms with Crippen molar-refractivity contribution in [1.29, 1.82) is 0 Å². The van der Waals surface area contributed by atoms with E-state index >= 15 is 0 Å². The van der Waals surface area contributed by atoms with E-state index in [1.807, 2.05) is 13.0 Å². The quantitative estimate of drug-likeness (QED) is 0.430. The first-order valence-corrected chi connectivity index (χ1v) is 7.32. The third-order valence-corrected chi connectivity index (χ3v) is 3.27. The molecule has 0 aliphatic carbocycles. The zero-order chi connectivity index (χ0) is 15.0. The molecule has 0 heterocycles. The van der Waals surface area contributed by atoms with Crippen LogP contribution in [0.25, 0.3) is 0 Å². The van der Waals surface area contributed by atoms with Gasteiger partial charge in [-0.2, -0.15) is 0 Å². The predicted molar refractivity (Wildman–Crippen MR) is 98.9 cm³/mol. The Morgan fingerprint density at radius 3 is 2.57 bits per heavy atom. The van der Waals surface area contributed by atoms with E-state index in [-0.39, 0.29) is 29.8 Å². The van der Waals surface area contributed by atoms with Crippen molar-refractivity contribution < 1.29 is 4.39 Å². The average Bonchev–Trinajstić information content (AvgIpc) is 2.38. The largest absolute Gasteiger partial charge is 0.357 e. The second-order valence-electron chi connectivity index (χ2n) is 5.32. The van der Waals surface area contributed by atoms with Crippen LogP contribution in [0, 0.1) is 11.7 Å². The lowest BCUT2D eigenvalue weighted by atomic mass is 10.1. The van der Waals surface area contributed by atoms with E-state index in [0.717, 1.165) is 24.5 Å². The van der Waals surface area contributed by atoms with Crippen LogP contribution in [0.5, 0.6) is 0 Å². The Morgan fingerprint density at radius 1 is 1.29 bits per heavy atom. The maximum atomic E-state index is 13.1. The van der Waals surface area contributed by atoms with Crippen molar-refractivity contribution in [2.75, 3.05) is 13.1 Å². The number of halogens is 2. The molecule has 1 atom stereocenters. The summed E-state index contributed by atoms with van der Waals surface area (Å²) in [6, 6.07) is 7.05. The summed E-state index contributed by atoms with van der Waals surface area (Å²) in [6.45, 7) is 10.0. The molecular formula is C16H27FIN3. The molecule has 0 aliphatic heterocycles. The van der Waals surface area contributed by atoms with Crippen LogP contribution in [0.4, 0.5) is 4.39 Å². The Morgan fingerprint density at radius 2 is 2.00 bits per heavy atom. The number of nitrogens with zero attached hydrogens (tertiary/aromatic N) is 1. The molecule has 0 aliphatic rings. The number of aliphatic imine (C=N–C) groups is 1. The molecule has 3 nitrogen and oxygen atoms in total. The molecular weight excluding hydrogens is 380 g/mol. The van der Waals surface area contributed by atoms with Crippen molar-refractivity contribution in [3.8, 4) is 0 Å². The van der Waals surface area contributed by atoms with Gasteiger partial charge in [-0.15, -0.1) is 24.0 Å². The van der Waals surface area contributed by atoms with Gasteiger partial charge in [-0.05, 0) is 43.9 Å². The summed E-state index contributed by atoms with van der Waals surface area (Å²) < 4.78 is 13.1. The molecule has 0 amide bonds. The molecule has 0 radical (unpaired) electrons. The van der Waals surface area contributed by atoms with Gasteiger partial charge in [-0.1, -0.05) is 26.0 Å². The lowest BCUT2D eigenvalue weighted by Crippen LogP contribution is -2.44. The van der Waals surface area contributed by atoms with Gasteiger partial charge in [0.25, 0.3) is 0 Å². The van der Waals surface area contributed by atoms with Gasteiger partial charge in [-0.25, -0.2) is 4.39 Å². The van der Waals surface area contributed by atoms with E-state index in [0.29, 0.717) is 18.5 Å². The fourth-order valence-electron chi connectivity index (χ4n) is 1.69. The summed E-state index contributed by atoms with van der Waals surface area (Å²) in [5.74, 6) is 1.18. The van der Waals surface area contributed by atoms with Crippen LogP contribution < -0.4 is 10.6 Å². The summed E-state index contributed by atoms with van der Waals surface area (Å²) in [5, 5.41) is 6.61. The van der Waals surface area contributed by atoms with Crippen LogP contribution in [0.1, 0.15) is 33.3 Å². The van der Waals surface area contributed by atoms with Crippen LogP contribution in [-0.4, -0.2) is 25.1 Å². The van der Waals surface area contributed by atoms with E-state index in [2.05, 4.69) is 36.4 Å².